The van der Waals surface area contributed by atoms with Crippen LogP contribution in [0.4, 0.5) is 0 Å². The zero-order chi connectivity index (χ0) is 12.3. The van der Waals surface area contributed by atoms with Crippen LogP contribution < -0.4 is 10.6 Å². The fourth-order valence-electron chi connectivity index (χ4n) is 2.17. The molecule has 1 unspecified atom stereocenters. The Morgan fingerprint density at radius 3 is 3.06 bits per heavy atom. The van der Waals surface area contributed by atoms with E-state index >= 15 is 0 Å². The van der Waals surface area contributed by atoms with Gasteiger partial charge in [0.2, 0.25) is 5.91 Å². The van der Waals surface area contributed by atoms with E-state index in [4.69, 9.17) is 0 Å². The molecule has 1 aromatic heterocycles. The van der Waals surface area contributed by atoms with Crippen LogP contribution in [0.5, 0.6) is 0 Å². The molecule has 1 aliphatic heterocycles. The van der Waals surface area contributed by atoms with E-state index in [9.17, 15) is 4.79 Å². The number of rotatable bonds is 3. The standard InChI is InChI=1S/C12H20N4O/c1-12(5-3-4-6-15-12)11(17)14-9-10-13-7-8-16(10)2/h7-8,15H,3-6,9H2,1-2H3,(H,14,17). The Bertz CT molecular complexity index is 393. The summed E-state index contributed by atoms with van der Waals surface area (Å²) in [7, 11) is 1.93. The molecular formula is C12H20N4O. The molecule has 2 heterocycles. The number of nitrogens with zero attached hydrogens (tertiary/aromatic N) is 2. The van der Waals surface area contributed by atoms with Crippen molar-refractivity contribution >= 4 is 5.91 Å². The number of carbonyl (C=O) groups excluding carboxylic acids is 1. The van der Waals surface area contributed by atoms with Gasteiger partial charge in [0, 0.05) is 19.4 Å². The summed E-state index contributed by atoms with van der Waals surface area (Å²) in [5.74, 6) is 0.943. The fourth-order valence-corrected chi connectivity index (χ4v) is 2.17. The van der Waals surface area contributed by atoms with Crippen LogP contribution in [0.25, 0.3) is 0 Å². The lowest BCUT2D eigenvalue weighted by molar-refractivity contribution is -0.128. The third kappa shape index (κ3) is 2.66. The maximum Gasteiger partial charge on any atom is 0.240 e. The Morgan fingerprint density at radius 1 is 1.65 bits per heavy atom. The highest BCUT2D eigenvalue weighted by Crippen LogP contribution is 2.18. The number of amides is 1. The minimum Gasteiger partial charge on any atom is -0.347 e. The molecule has 1 aromatic rings. The lowest BCUT2D eigenvalue weighted by atomic mass is 9.90. The highest BCUT2D eigenvalue weighted by Gasteiger charge is 2.33. The van der Waals surface area contributed by atoms with Crippen LogP contribution in [0.15, 0.2) is 12.4 Å². The molecule has 1 amide bonds. The number of aromatic nitrogens is 2. The van der Waals surface area contributed by atoms with Crippen LogP contribution in [0.3, 0.4) is 0 Å². The van der Waals surface area contributed by atoms with Gasteiger partial charge in [-0.3, -0.25) is 4.79 Å². The van der Waals surface area contributed by atoms with Crippen molar-refractivity contribution in [2.24, 2.45) is 7.05 Å². The Balaban J connectivity index is 1.91. The van der Waals surface area contributed by atoms with E-state index in [1.807, 2.05) is 24.7 Å². The van der Waals surface area contributed by atoms with E-state index in [1.165, 1.54) is 0 Å². The van der Waals surface area contributed by atoms with Gasteiger partial charge in [-0.25, -0.2) is 4.98 Å². The first kappa shape index (κ1) is 12.1. The zero-order valence-electron chi connectivity index (χ0n) is 10.5. The first-order valence-corrected chi connectivity index (χ1v) is 6.11. The summed E-state index contributed by atoms with van der Waals surface area (Å²) in [4.78, 5) is 16.3. The summed E-state index contributed by atoms with van der Waals surface area (Å²) in [6.07, 6.45) is 6.78. The Kier molecular flexibility index (Phi) is 3.47. The molecule has 1 saturated heterocycles. The highest BCUT2D eigenvalue weighted by atomic mass is 16.2. The Hall–Kier alpha value is -1.36. The molecule has 2 rings (SSSR count). The number of hydrogen-bond acceptors (Lipinski definition) is 3. The third-order valence-corrected chi connectivity index (χ3v) is 3.45. The van der Waals surface area contributed by atoms with E-state index in [-0.39, 0.29) is 5.91 Å². The number of imidazole rings is 1. The van der Waals surface area contributed by atoms with Crippen LogP contribution in [-0.4, -0.2) is 27.5 Å². The van der Waals surface area contributed by atoms with Crippen molar-refractivity contribution in [3.63, 3.8) is 0 Å². The summed E-state index contributed by atoms with van der Waals surface area (Å²) in [5, 5.41) is 6.25. The Labute approximate surface area is 102 Å². The summed E-state index contributed by atoms with van der Waals surface area (Å²) >= 11 is 0. The van der Waals surface area contributed by atoms with Gasteiger partial charge in [-0.15, -0.1) is 0 Å². The molecule has 5 nitrogen and oxygen atoms in total. The lowest BCUT2D eigenvalue weighted by Crippen LogP contribution is -2.56. The number of piperidine rings is 1. The average molecular weight is 236 g/mol. The van der Waals surface area contributed by atoms with Gasteiger partial charge in [0.1, 0.15) is 5.82 Å². The lowest BCUT2D eigenvalue weighted by Gasteiger charge is -2.33. The van der Waals surface area contributed by atoms with Gasteiger partial charge in [0.15, 0.2) is 0 Å². The monoisotopic (exact) mass is 236 g/mol. The van der Waals surface area contributed by atoms with E-state index in [1.54, 1.807) is 6.20 Å². The second-order valence-electron chi connectivity index (χ2n) is 4.85. The first-order chi connectivity index (χ1) is 8.12. The van der Waals surface area contributed by atoms with Gasteiger partial charge < -0.3 is 15.2 Å². The smallest absolute Gasteiger partial charge is 0.240 e. The van der Waals surface area contributed by atoms with Gasteiger partial charge in [-0.2, -0.15) is 0 Å². The van der Waals surface area contributed by atoms with E-state index in [2.05, 4.69) is 15.6 Å². The normalized spacial score (nSPS) is 24.6. The number of hydrogen-bond donors (Lipinski definition) is 2. The van der Waals surface area contributed by atoms with Crippen molar-refractivity contribution in [1.29, 1.82) is 0 Å². The van der Waals surface area contributed by atoms with Crippen LogP contribution in [0.1, 0.15) is 32.0 Å². The fraction of sp³-hybridized carbons (Fsp3) is 0.667. The summed E-state index contributed by atoms with van der Waals surface area (Å²) in [5.41, 5.74) is -0.413. The largest absolute Gasteiger partial charge is 0.347 e. The molecule has 1 aliphatic rings. The molecule has 1 atom stereocenters. The summed E-state index contributed by atoms with van der Waals surface area (Å²) in [6.45, 7) is 3.38. The minimum atomic E-state index is -0.413. The van der Waals surface area contributed by atoms with Crippen molar-refractivity contribution in [1.82, 2.24) is 20.2 Å². The van der Waals surface area contributed by atoms with Crippen molar-refractivity contribution < 1.29 is 4.79 Å². The van der Waals surface area contributed by atoms with E-state index < -0.39 is 5.54 Å². The molecule has 0 spiro atoms. The predicted octanol–water partition coefficient (Wildman–Crippen LogP) is 0.568. The van der Waals surface area contributed by atoms with Gasteiger partial charge in [-0.05, 0) is 32.7 Å². The molecule has 1 fully saturated rings. The number of carbonyl (C=O) groups is 1. The van der Waals surface area contributed by atoms with Crippen LogP contribution in [0, 0.1) is 0 Å². The minimum absolute atomic E-state index is 0.0696. The van der Waals surface area contributed by atoms with Crippen LogP contribution >= 0.6 is 0 Å². The zero-order valence-corrected chi connectivity index (χ0v) is 10.5. The maximum atomic E-state index is 12.1. The number of nitrogens with one attached hydrogen (secondary N) is 2. The van der Waals surface area contributed by atoms with E-state index in [0.29, 0.717) is 6.54 Å². The average Bonchev–Trinajstić information content (AvgIpc) is 2.73. The van der Waals surface area contributed by atoms with Gasteiger partial charge >= 0.3 is 0 Å². The van der Waals surface area contributed by atoms with Gasteiger partial charge in [-0.1, -0.05) is 0 Å². The van der Waals surface area contributed by atoms with E-state index in [0.717, 1.165) is 31.6 Å². The second kappa shape index (κ2) is 4.87. The SMILES string of the molecule is Cn1ccnc1CNC(=O)C1(C)CCCCN1. The van der Waals surface area contributed by atoms with Gasteiger partial charge in [0.05, 0.1) is 12.1 Å². The molecule has 0 bridgehead atoms. The predicted molar refractivity (Wildman–Crippen MR) is 65.3 cm³/mol. The van der Waals surface area contributed by atoms with Gasteiger partial charge in [0.25, 0.3) is 0 Å². The maximum absolute atomic E-state index is 12.1. The molecule has 2 N–H and O–H groups in total. The van der Waals surface area contributed by atoms with Crippen molar-refractivity contribution in [2.75, 3.05) is 6.54 Å². The second-order valence-corrected chi connectivity index (χ2v) is 4.85. The number of aryl methyl sites for hydroxylation is 1. The van der Waals surface area contributed by atoms with Crippen LogP contribution in [-0.2, 0) is 18.4 Å². The topological polar surface area (TPSA) is 59.0 Å². The molecule has 5 heteroatoms. The molecular weight excluding hydrogens is 216 g/mol. The molecule has 17 heavy (non-hydrogen) atoms. The van der Waals surface area contributed by atoms with Crippen molar-refractivity contribution in [2.45, 2.75) is 38.3 Å². The molecule has 94 valence electrons. The highest BCUT2D eigenvalue weighted by molar-refractivity contribution is 5.85. The molecule has 0 radical (unpaired) electrons. The molecule has 0 saturated carbocycles. The van der Waals surface area contributed by atoms with Crippen LogP contribution in [0.2, 0.25) is 0 Å². The molecule has 0 aromatic carbocycles. The Morgan fingerprint density at radius 2 is 2.47 bits per heavy atom. The quantitative estimate of drug-likeness (QED) is 0.806. The third-order valence-electron chi connectivity index (χ3n) is 3.45. The molecule has 0 aliphatic carbocycles. The first-order valence-electron chi connectivity index (χ1n) is 6.11. The van der Waals surface area contributed by atoms with Crippen molar-refractivity contribution in [3.8, 4) is 0 Å². The van der Waals surface area contributed by atoms with Crippen molar-refractivity contribution in [3.05, 3.63) is 18.2 Å². The summed E-state index contributed by atoms with van der Waals surface area (Å²) in [6, 6.07) is 0. The summed E-state index contributed by atoms with van der Waals surface area (Å²) < 4.78 is 1.91.